The molecule has 1 aliphatic carbocycles. The Bertz CT molecular complexity index is 873. The summed E-state index contributed by atoms with van der Waals surface area (Å²) >= 11 is 0. The van der Waals surface area contributed by atoms with Gasteiger partial charge in [0.15, 0.2) is 0 Å². The van der Waals surface area contributed by atoms with Gasteiger partial charge in [-0.2, -0.15) is 0 Å². The lowest BCUT2D eigenvalue weighted by molar-refractivity contribution is -0.120. The van der Waals surface area contributed by atoms with Crippen LogP contribution in [0.2, 0.25) is 0 Å². The average Bonchev–Trinajstić information content (AvgIpc) is 3.45. The van der Waals surface area contributed by atoms with E-state index in [1.54, 1.807) is 36.4 Å². The van der Waals surface area contributed by atoms with Gasteiger partial charge < -0.3 is 10.1 Å². The highest BCUT2D eigenvalue weighted by molar-refractivity contribution is 7.92. The van der Waals surface area contributed by atoms with E-state index in [0.717, 1.165) is 24.8 Å². The van der Waals surface area contributed by atoms with Gasteiger partial charge in [0.25, 0.3) is 10.0 Å². The molecule has 0 aliphatic heterocycles. The molecule has 2 aromatic rings. The summed E-state index contributed by atoms with van der Waals surface area (Å²) in [6, 6.07) is 13.5. The van der Waals surface area contributed by atoms with Crippen molar-refractivity contribution in [3.05, 3.63) is 54.1 Å². The number of anilines is 1. The molecule has 0 aromatic heterocycles. The zero-order valence-electron chi connectivity index (χ0n) is 15.3. The number of nitrogens with one attached hydrogen (secondary N) is 2. The molecule has 6 nitrogen and oxygen atoms in total. The SMILES string of the molecule is CCCOc1ccc(S(=O)(=O)Nc2ccc(CC(=O)NC3CC3)cc2)cc1. The summed E-state index contributed by atoms with van der Waals surface area (Å²) in [7, 11) is -3.68. The molecule has 0 unspecified atom stereocenters. The topological polar surface area (TPSA) is 84.5 Å². The predicted octanol–water partition coefficient (Wildman–Crippen LogP) is 3.10. The van der Waals surface area contributed by atoms with Gasteiger partial charge in [0.05, 0.1) is 17.9 Å². The number of carbonyl (C=O) groups is 1. The molecule has 0 heterocycles. The van der Waals surface area contributed by atoms with E-state index in [1.165, 1.54) is 12.1 Å². The van der Waals surface area contributed by atoms with Crippen LogP contribution < -0.4 is 14.8 Å². The van der Waals surface area contributed by atoms with Crippen molar-refractivity contribution in [2.24, 2.45) is 0 Å². The van der Waals surface area contributed by atoms with E-state index in [1.807, 2.05) is 6.92 Å². The highest BCUT2D eigenvalue weighted by atomic mass is 32.2. The minimum atomic E-state index is -3.68. The van der Waals surface area contributed by atoms with Crippen LogP contribution in [0.4, 0.5) is 5.69 Å². The fourth-order valence-corrected chi connectivity index (χ4v) is 3.59. The van der Waals surface area contributed by atoms with Gasteiger partial charge in [-0.25, -0.2) is 8.42 Å². The minimum Gasteiger partial charge on any atom is -0.494 e. The monoisotopic (exact) mass is 388 g/mol. The zero-order chi connectivity index (χ0) is 19.3. The lowest BCUT2D eigenvalue weighted by Crippen LogP contribution is -2.26. The first-order valence-corrected chi connectivity index (χ1v) is 10.6. The van der Waals surface area contributed by atoms with E-state index < -0.39 is 10.0 Å². The van der Waals surface area contributed by atoms with Crippen molar-refractivity contribution in [3.63, 3.8) is 0 Å². The van der Waals surface area contributed by atoms with Crippen LogP contribution in [0.5, 0.6) is 5.75 Å². The summed E-state index contributed by atoms with van der Waals surface area (Å²) in [5.41, 5.74) is 1.29. The smallest absolute Gasteiger partial charge is 0.261 e. The quantitative estimate of drug-likeness (QED) is 0.691. The van der Waals surface area contributed by atoms with Crippen LogP contribution in [0.25, 0.3) is 0 Å². The second-order valence-corrected chi connectivity index (χ2v) is 8.32. The molecule has 144 valence electrons. The van der Waals surface area contributed by atoms with Gasteiger partial charge in [-0.05, 0) is 61.2 Å². The number of benzene rings is 2. The number of carbonyl (C=O) groups excluding carboxylic acids is 1. The predicted molar refractivity (Wildman–Crippen MR) is 104 cm³/mol. The summed E-state index contributed by atoms with van der Waals surface area (Å²) in [5.74, 6) is 0.640. The van der Waals surface area contributed by atoms with Gasteiger partial charge in [-0.1, -0.05) is 19.1 Å². The molecular weight excluding hydrogens is 364 g/mol. The van der Waals surface area contributed by atoms with Gasteiger partial charge >= 0.3 is 0 Å². The molecule has 1 amide bonds. The summed E-state index contributed by atoms with van der Waals surface area (Å²) < 4.78 is 33.0. The van der Waals surface area contributed by atoms with Gasteiger partial charge in [0, 0.05) is 11.7 Å². The third kappa shape index (κ3) is 5.72. The molecule has 3 rings (SSSR count). The van der Waals surface area contributed by atoms with E-state index in [9.17, 15) is 13.2 Å². The van der Waals surface area contributed by atoms with Gasteiger partial charge in [-0.15, -0.1) is 0 Å². The maximum absolute atomic E-state index is 12.5. The standard InChI is InChI=1S/C20H24N2O4S/c1-2-13-26-18-9-11-19(12-10-18)27(24,25)22-17-5-3-15(4-6-17)14-20(23)21-16-7-8-16/h3-6,9-12,16,22H,2,7-8,13-14H2,1H3,(H,21,23). The Hall–Kier alpha value is -2.54. The van der Waals surface area contributed by atoms with Crippen LogP contribution in [-0.2, 0) is 21.2 Å². The molecular formula is C20H24N2O4S. The van der Waals surface area contributed by atoms with E-state index in [2.05, 4.69) is 10.0 Å². The van der Waals surface area contributed by atoms with E-state index in [-0.39, 0.29) is 10.8 Å². The average molecular weight is 388 g/mol. The van der Waals surface area contributed by atoms with Crippen molar-refractivity contribution in [1.82, 2.24) is 5.32 Å². The number of rotatable bonds is 9. The van der Waals surface area contributed by atoms with Crippen LogP contribution in [0.3, 0.4) is 0 Å². The number of hydrogen-bond acceptors (Lipinski definition) is 4. The molecule has 1 fully saturated rings. The summed E-state index contributed by atoms with van der Waals surface area (Å²) in [4.78, 5) is 12.0. The molecule has 0 bridgehead atoms. The normalized spacial score (nSPS) is 13.8. The van der Waals surface area contributed by atoms with E-state index >= 15 is 0 Å². The van der Waals surface area contributed by atoms with Crippen molar-refractivity contribution >= 4 is 21.6 Å². The van der Waals surface area contributed by atoms with Crippen molar-refractivity contribution in [1.29, 1.82) is 0 Å². The maximum atomic E-state index is 12.5. The molecule has 0 spiro atoms. The molecule has 0 atom stereocenters. The molecule has 2 N–H and O–H groups in total. The number of hydrogen-bond donors (Lipinski definition) is 2. The van der Waals surface area contributed by atoms with Crippen molar-refractivity contribution in [2.45, 2.75) is 43.5 Å². The molecule has 27 heavy (non-hydrogen) atoms. The van der Waals surface area contributed by atoms with Crippen molar-refractivity contribution < 1.29 is 17.9 Å². The Morgan fingerprint density at radius 3 is 2.33 bits per heavy atom. The Morgan fingerprint density at radius 1 is 1.07 bits per heavy atom. The second kappa shape index (κ2) is 8.43. The Balaban J connectivity index is 1.60. The third-order valence-electron chi connectivity index (χ3n) is 4.12. The van der Waals surface area contributed by atoms with Crippen LogP contribution in [0.15, 0.2) is 53.4 Å². The van der Waals surface area contributed by atoms with Gasteiger partial charge in [-0.3, -0.25) is 9.52 Å². The zero-order valence-corrected chi connectivity index (χ0v) is 16.1. The molecule has 7 heteroatoms. The Labute approximate surface area is 160 Å². The third-order valence-corrected chi connectivity index (χ3v) is 5.52. The molecule has 0 radical (unpaired) electrons. The lowest BCUT2D eigenvalue weighted by Gasteiger charge is -2.10. The summed E-state index contributed by atoms with van der Waals surface area (Å²) in [6.07, 6.45) is 3.29. The van der Waals surface area contributed by atoms with E-state index in [4.69, 9.17) is 4.74 Å². The molecule has 0 saturated heterocycles. The highest BCUT2D eigenvalue weighted by Gasteiger charge is 2.23. The van der Waals surface area contributed by atoms with Gasteiger partial charge in [0.1, 0.15) is 5.75 Å². The number of ether oxygens (including phenoxy) is 1. The van der Waals surface area contributed by atoms with Crippen LogP contribution >= 0.6 is 0 Å². The first kappa shape index (κ1) is 19.2. The Kier molecular flexibility index (Phi) is 6.01. The van der Waals surface area contributed by atoms with Crippen LogP contribution in [0, 0.1) is 0 Å². The van der Waals surface area contributed by atoms with Crippen LogP contribution in [-0.4, -0.2) is 27.0 Å². The fraction of sp³-hybridized carbons (Fsp3) is 0.350. The van der Waals surface area contributed by atoms with Gasteiger partial charge in [0.2, 0.25) is 5.91 Å². The van der Waals surface area contributed by atoms with E-state index in [0.29, 0.717) is 30.5 Å². The summed E-state index contributed by atoms with van der Waals surface area (Å²) in [6.45, 7) is 2.60. The number of sulfonamides is 1. The maximum Gasteiger partial charge on any atom is 0.261 e. The van der Waals surface area contributed by atoms with Crippen molar-refractivity contribution in [3.8, 4) is 5.75 Å². The molecule has 1 saturated carbocycles. The molecule has 1 aliphatic rings. The highest BCUT2D eigenvalue weighted by Crippen LogP contribution is 2.21. The lowest BCUT2D eigenvalue weighted by atomic mass is 10.1. The largest absolute Gasteiger partial charge is 0.494 e. The number of amides is 1. The van der Waals surface area contributed by atoms with Crippen LogP contribution in [0.1, 0.15) is 31.7 Å². The summed E-state index contributed by atoms with van der Waals surface area (Å²) in [5, 5.41) is 2.93. The second-order valence-electron chi connectivity index (χ2n) is 6.64. The Morgan fingerprint density at radius 2 is 1.74 bits per heavy atom. The first-order chi connectivity index (χ1) is 13.0. The van der Waals surface area contributed by atoms with Crippen molar-refractivity contribution in [2.75, 3.05) is 11.3 Å². The fourth-order valence-electron chi connectivity index (χ4n) is 2.53. The molecule has 2 aromatic carbocycles. The minimum absolute atomic E-state index is 0.00351. The first-order valence-electron chi connectivity index (χ1n) is 9.10.